The van der Waals surface area contributed by atoms with Crippen LogP contribution in [-0.2, 0) is 14.4 Å². The number of fused-ring (bicyclic) bond motifs is 5. The molecule has 0 spiro atoms. The predicted molar refractivity (Wildman–Crippen MR) is 97.7 cm³/mol. The van der Waals surface area contributed by atoms with Gasteiger partial charge in [-0.3, -0.25) is 4.79 Å². The van der Waals surface area contributed by atoms with Gasteiger partial charge < -0.3 is 9.94 Å². The van der Waals surface area contributed by atoms with Crippen molar-refractivity contribution in [3.05, 3.63) is 11.6 Å². The summed E-state index contributed by atoms with van der Waals surface area (Å²) < 4.78 is 0. The molecule has 26 heavy (non-hydrogen) atoms. The third kappa shape index (κ3) is 2.62. The number of carbonyl (C=O) groups is 2. The highest BCUT2D eigenvalue weighted by molar-refractivity contribution is 5.92. The molecule has 3 fully saturated rings. The number of aliphatic carboxylic acids is 1. The zero-order valence-corrected chi connectivity index (χ0v) is 15.8. The molecule has 0 heterocycles. The molecule has 4 aliphatic rings. The van der Waals surface area contributed by atoms with Gasteiger partial charge >= 0.3 is 5.97 Å². The normalized spacial score (nSPS) is 43.3. The Balaban J connectivity index is 1.57. The number of nitrogens with zero attached hydrogens (tertiary/aromatic N) is 1. The molecule has 1 N–H and O–H groups in total. The van der Waals surface area contributed by atoms with Gasteiger partial charge in [-0.2, -0.15) is 0 Å². The Kier molecular flexibility index (Phi) is 4.24. The molecule has 0 aromatic heterocycles. The minimum atomic E-state index is -0.982. The molecule has 0 amide bonds. The van der Waals surface area contributed by atoms with E-state index in [2.05, 4.69) is 19.0 Å². The number of hydrogen-bond donors (Lipinski definition) is 1. The van der Waals surface area contributed by atoms with E-state index in [-0.39, 0.29) is 17.4 Å². The Bertz CT molecular complexity index is 696. The molecule has 0 radical (unpaired) electrons. The second-order valence-electron chi connectivity index (χ2n) is 9.17. The van der Waals surface area contributed by atoms with Crippen molar-refractivity contribution < 1.29 is 19.5 Å². The maximum absolute atomic E-state index is 11.9. The van der Waals surface area contributed by atoms with Gasteiger partial charge in [0.25, 0.3) is 0 Å². The third-order valence-electron chi connectivity index (χ3n) is 8.07. The van der Waals surface area contributed by atoms with E-state index in [1.54, 1.807) is 0 Å². The lowest BCUT2D eigenvalue weighted by molar-refractivity contribution is -0.142. The van der Waals surface area contributed by atoms with Crippen molar-refractivity contribution in [1.82, 2.24) is 0 Å². The highest BCUT2D eigenvalue weighted by Gasteiger charge is 2.58. The highest BCUT2D eigenvalue weighted by atomic mass is 16.6. The number of carboxylic acids is 1. The van der Waals surface area contributed by atoms with Crippen LogP contribution in [0.4, 0.5) is 0 Å². The molecule has 4 aliphatic carbocycles. The van der Waals surface area contributed by atoms with Crippen molar-refractivity contribution in [1.29, 1.82) is 0 Å². The highest BCUT2D eigenvalue weighted by Crippen LogP contribution is 2.64. The molecule has 0 bridgehead atoms. The molecule has 5 atom stereocenters. The van der Waals surface area contributed by atoms with Crippen molar-refractivity contribution >= 4 is 17.5 Å². The SMILES string of the molecule is C[C@]12CCC(=O)C=C1CCC1C2CC[C@]2(C)/C(=N/OCC(=O)O)CCC12. The quantitative estimate of drug-likeness (QED) is 0.774. The topological polar surface area (TPSA) is 76.0 Å². The molecule has 0 saturated heterocycles. The van der Waals surface area contributed by atoms with Crippen LogP contribution >= 0.6 is 0 Å². The molecule has 4 rings (SSSR count). The van der Waals surface area contributed by atoms with Gasteiger partial charge in [0.15, 0.2) is 5.78 Å². The summed E-state index contributed by atoms with van der Waals surface area (Å²) in [6.07, 6.45) is 10.2. The predicted octanol–water partition coefficient (Wildman–Crippen LogP) is 3.98. The van der Waals surface area contributed by atoms with Gasteiger partial charge in [-0.1, -0.05) is 24.6 Å². The van der Waals surface area contributed by atoms with Gasteiger partial charge in [0, 0.05) is 11.8 Å². The van der Waals surface area contributed by atoms with Crippen molar-refractivity contribution in [2.75, 3.05) is 6.61 Å². The molecular weight excluding hydrogens is 330 g/mol. The fourth-order valence-corrected chi connectivity index (χ4v) is 6.66. The van der Waals surface area contributed by atoms with E-state index in [9.17, 15) is 9.59 Å². The first-order chi connectivity index (χ1) is 12.3. The van der Waals surface area contributed by atoms with Crippen LogP contribution in [-0.4, -0.2) is 29.2 Å². The van der Waals surface area contributed by atoms with Crippen molar-refractivity contribution in [2.45, 2.75) is 65.2 Å². The molecular formula is C21H29NO4. The molecule has 0 aromatic rings. The number of allylic oxidation sites excluding steroid dienone is 1. The van der Waals surface area contributed by atoms with E-state index in [1.807, 2.05) is 6.08 Å². The van der Waals surface area contributed by atoms with Crippen LogP contribution in [0.2, 0.25) is 0 Å². The fourth-order valence-electron chi connectivity index (χ4n) is 6.66. The fraction of sp³-hybridized carbons (Fsp3) is 0.762. The number of carboxylic acid groups (broad SMARTS) is 1. The molecule has 0 aliphatic heterocycles. The second-order valence-corrected chi connectivity index (χ2v) is 9.17. The summed E-state index contributed by atoms with van der Waals surface area (Å²) in [5.74, 6) is 1.26. The Hall–Kier alpha value is -1.65. The summed E-state index contributed by atoms with van der Waals surface area (Å²) in [5.41, 5.74) is 2.70. The summed E-state index contributed by atoms with van der Waals surface area (Å²) in [5, 5.41) is 13.0. The summed E-state index contributed by atoms with van der Waals surface area (Å²) >= 11 is 0. The van der Waals surface area contributed by atoms with Crippen LogP contribution in [0, 0.1) is 28.6 Å². The van der Waals surface area contributed by atoms with E-state index in [4.69, 9.17) is 9.94 Å². The first-order valence-corrected chi connectivity index (χ1v) is 9.99. The lowest BCUT2D eigenvalue weighted by atomic mass is 9.47. The van der Waals surface area contributed by atoms with Crippen LogP contribution in [0.1, 0.15) is 65.2 Å². The van der Waals surface area contributed by atoms with Gasteiger partial charge in [0.2, 0.25) is 6.61 Å². The van der Waals surface area contributed by atoms with E-state index in [0.29, 0.717) is 30.0 Å². The second kappa shape index (κ2) is 6.21. The van der Waals surface area contributed by atoms with Crippen molar-refractivity contribution in [3.63, 3.8) is 0 Å². The first-order valence-electron chi connectivity index (χ1n) is 9.99. The number of hydrogen-bond acceptors (Lipinski definition) is 4. The lowest BCUT2D eigenvalue weighted by Crippen LogP contribution is -2.50. The number of oxime groups is 1. The van der Waals surface area contributed by atoms with Gasteiger partial charge in [0.1, 0.15) is 0 Å². The molecule has 5 nitrogen and oxygen atoms in total. The van der Waals surface area contributed by atoms with Gasteiger partial charge in [-0.25, -0.2) is 4.79 Å². The van der Waals surface area contributed by atoms with Crippen LogP contribution in [0.15, 0.2) is 16.8 Å². The molecule has 5 heteroatoms. The molecule has 3 unspecified atom stereocenters. The van der Waals surface area contributed by atoms with E-state index in [0.717, 1.165) is 44.2 Å². The van der Waals surface area contributed by atoms with E-state index < -0.39 is 5.97 Å². The van der Waals surface area contributed by atoms with Gasteiger partial charge in [-0.05, 0) is 74.2 Å². The molecule has 0 aromatic carbocycles. The number of carbonyl (C=O) groups excluding carboxylic acids is 1. The first kappa shape index (κ1) is 17.7. The average molecular weight is 359 g/mol. The molecule has 142 valence electrons. The monoisotopic (exact) mass is 359 g/mol. The summed E-state index contributed by atoms with van der Waals surface area (Å²) in [7, 11) is 0. The number of rotatable bonds is 3. The van der Waals surface area contributed by atoms with Crippen LogP contribution in [0.3, 0.4) is 0 Å². The average Bonchev–Trinajstić information content (AvgIpc) is 2.92. The Morgan fingerprint density at radius 1 is 1.15 bits per heavy atom. The van der Waals surface area contributed by atoms with Crippen LogP contribution in [0.25, 0.3) is 0 Å². The third-order valence-corrected chi connectivity index (χ3v) is 8.07. The Morgan fingerprint density at radius 2 is 1.92 bits per heavy atom. The summed E-state index contributed by atoms with van der Waals surface area (Å²) in [6, 6.07) is 0. The van der Waals surface area contributed by atoms with Gasteiger partial charge in [-0.15, -0.1) is 0 Å². The maximum Gasteiger partial charge on any atom is 0.344 e. The zero-order valence-electron chi connectivity index (χ0n) is 15.8. The van der Waals surface area contributed by atoms with Gasteiger partial charge in [0.05, 0.1) is 5.71 Å². The largest absolute Gasteiger partial charge is 0.479 e. The molecule has 3 saturated carbocycles. The van der Waals surface area contributed by atoms with E-state index >= 15 is 0 Å². The Morgan fingerprint density at radius 3 is 2.69 bits per heavy atom. The number of ketones is 1. The van der Waals surface area contributed by atoms with Crippen LogP contribution in [0.5, 0.6) is 0 Å². The van der Waals surface area contributed by atoms with Crippen LogP contribution < -0.4 is 0 Å². The maximum atomic E-state index is 11.9. The van der Waals surface area contributed by atoms with Crippen molar-refractivity contribution in [2.24, 2.45) is 33.7 Å². The lowest BCUT2D eigenvalue weighted by Gasteiger charge is -2.57. The minimum absolute atomic E-state index is 0.0434. The Labute approximate surface area is 154 Å². The smallest absolute Gasteiger partial charge is 0.344 e. The summed E-state index contributed by atoms with van der Waals surface area (Å²) in [6.45, 7) is 4.34. The zero-order chi connectivity index (χ0) is 18.5. The van der Waals surface area contributed by atoms with E-state index in [1.165, 1.54) is 12.0 Å². The van der Waals surface area contributed by atoms with Crippen molar-refractivity contribution in [3.8, 4) is 0 Å². The minimum Gasteiger partial charge on any atom is -0.479 e. The standard InChI is InChI=1S/C21H29NO4/c1-20-9-7-14(23)11-13(20)3-4-15-16-5-6-18(22-26-12-19(24)25)21(16,2)10-8-17(15)20/h11,15-17H,3-10,12H2,1-2H3,(H,24,25)/b22-18+/t15?,16?,17?,20-,21-/m0/s1. The summed E-state index contributed by atoms with van der Waals surface area (Å²) in [4.78, 5) is 27.7.